The molecule has 0 aromatic heterocycles. The van der Waals surface area contributed by atoms with Gasteiger partial charge in [-0.25, -0.2) is 9.18 Å². The van der Waals surface area contributed by atoms with Crippen molar-refractivity contribution in [3.63, 3.8) is 0 Å². The van der Waals surface area contributed by atoms with Crippen LogP contribution in [-0.2, 0) is 16.0 Å². The molecule has 0 aliphatic heterocycles. The molecular weight excluding hydrogens is 299 g/mol. The Hall–Kier alpha value is -2.11. The van der Waals surface area contributed by atoms with Gasteiger partial charge >= 0.3 is 6.09 Å². The maximum Gasteiger partial charge on any atom is 0.407 e. The van der Waals surface area contributed by atoms with Crippen LogP contribution < -0.4 is 5.32 Å². The molecule has 0 heterocycles. The number of ether oxygens (including phenoxy) is 1. The van der Waals surface area contributed by atoms with E-state index in [1.165, 1.54) is 17.0 Å². The number of hydrogen-bond donors (Lipinski definition) is 1. The first-order valence-corrected chi connectivity index (χ1v) is 7.55. The topological polar surface area (TPSA) is 58.6 Å². The van der Waals surface area contributed by atoms with E-state index in [2.05, 4.69) is 5.32 Å². The van der Waals surface area contributed by atoms with E-state index in [1.807, 2.05) is 0 Å². The average Bonchev–Trinajstić information content (AvgIpc) is 2.38. The molecule has 0 unspecified atom stereocenters. The van der Waals surface area contributed by atoms with Gasteiger partial charge in [-0.05, 0) is 45.4 Å². The molecule has 1 atom stereocenters. The highest BCUT2D eigenvalue weighted by molar-refractivity contribution is 5.78. The van der Waals surface area contributed by atoms with Crippen LogP contribution in [0, 0.1) is 5.82 Å². The van der Waals surface area contributed by atoms with Crippen molar-refractivity contribution in [2.24, 2.45) is 0 Å². The molecule has 0 saturated heterocycles. The number of carbonyl (C=O) groups excluding carboxylic acids is 2. The van der Waals surface area contributed by atoms with Crippen LogP contribution in [0.5, 0.6) is 0 Å². The van der Waals surface area contributed by atoms with E-state index in [1.54, 1.807) is 46.9 Å². The Morgan fingerprint density at radius 3 is 2.35 bits per heavy atom. The molecule has 1 aromatic rings. The second-order valence-corrected chi connectivity index (χ2v) is 6.62. The third kappa shape index (κ3) is 7.63. The van der Waals surface area contributed by atoms with E-state index < -0.39 is 11.7 Å². The minimum Gasteiger partial charge on any atom is -0.444 e. The number of rotatable bonds is 5. The summed E-state index contributed by atoms with van der Waals surface area (Å²) in [6.45, 7) is 7.52. The van der Waals surface area contributed by atoms with Gasteiger partial charge in [0, 0.05) is 19.6 Å². The quantitative estimate of drug-likeness (QED) is 0.906. The van der Waals surface area contributed by atoms with Crippen LogP contribution in [0.2, 0.25) is 0 Å². The van der Waals surface area contributed by atoms with Gasteiger partial charge in [-0.1, -0.05) is 12.1 Å². The van der Waals surface area contributed by atoms with E-state index in [9.17, 15) is 14.0 Å². The molecule has 0 aliphatic rings. The van der Waals surface area contributed by atoms with E-state index in [4.69, 9.17) is 4.74 Å². The number of halogens is 1. The minimum atomic E-state index is -0.561. The minimum absolute atomic E-state index is 0.102. The van der Waals surface area contributed by atoms with Crippen LogP contribution in [0.25, 0.3) is 0 Å². The predicted molar refractivity (Wildman–Crippen MR) is 86.6 cm³/mol. The van der Waals surface area contributed by atoms with Crippen molar-refractivity contribution in [3.8, 4) is 0 Å². The summed E-state index contributed by atoms with van der Waals surface area (Å²) in [4.78, 5) is 25.3. The SMILES string of the molecule is C[C@@H](CN(C)C(=O)Cc1ccc(F)cc1)NC(=O)OC(C)(C)C. The smallest absolute Gasteiger partial charge is 0.407 e. The highest BCUT2D eigenvalue weighted by Crippen LogP contribution is 2.08. The molecule has 23 heavy (non-hydrogen) atoms. The molecule has 1 aromatic carbocycles. The molecule has 0 saturated carbocycles. The summed E-state index contributed by atoms with van der Waals surface area (Å²) in [5.74, 6) is -0.431. The van der Waals surface area contributed by atoms with Gasteiger partial charge in [0.2, 0.25) is 5.91 Å². The molecule has 1 rings (SSSR count). The van der Waals surface area contributed by atoms with E-state index in [0.717, 1.165) is 5.56 Å². The van der Waals surface area contributed by atoms with Crippen molar-refractivity contribution < 1.29 is 18.7 Å². The zero-order chi connectivity index (χ0) is 17.6. The molecule has 0 aliphatic carbocycles. The van der Waals surface area contributed by atoms with Crippen molar-refractivity contribution in [1.82, 2.24) is 10.2 Å². The fourth-order valence-corrected chi connectivity index (χ4v) is 1.98. The number of amides is 2. The van der Waals surface area contributed by atoms with Crippen molar-refractivity contribution in [3.05, 3.63) is 35.6 Å². The number of alkyl carbamates (subject to hydrolysis) is 1. The zero-order valence-corrected chi connectivity index (χ0v) is 14.4. The lowest BCUT2D eigenvalue weighted by Gasteiger charge is -2.25. The van der Waals surface area contributed by atoms with Gasteiger partial charge in [-0.15, -0.1) is 0 Å². The fourth-order valence-electron chi connectivity index (χ4n) is 1.98. The lowest BCUT2D eigenvalue weighted by molar-refractivity contribution is -0.129. The number of benzene rings is 1. The van der Waals surface area contributed by atoms with Crippen LogP contribution in [-0.4, -0.2) is 42.1 Å². The second-order valence-electron chi connectivity index (χ2n) is 6.62. The van der Waals surface area contributed by atoms with Gasteiger partial charge in [0.15, 0.2) is 0 Å². The average molecular weight is 324 g/mol. The first kappa shape index (κ1) is 18.9. The summed E-state index contributed by atoms with van der Waals surface area (Å²) in [7, 11) is 1.67. The summed E-state index contributed by atoms with van der Waals surface area (Å²) in [6, 6.07) is 5.59. The number of carbonyl (C=O) groups is 2. The number of hydrogen-bond acceptors (Lipinski definition) is 3. The first-order valence-electron chi connectivity index (χ1n) is 7.55. The monoisotopic (exact) mass is 324 g/mol. The summed E-state index contributed by atoms with van der Waals surface area (Å²) in [5, 5.41) is 2.69. The molecule has 128 valence electrons. The maximum absolute atomic E-state index is 12.8. The molecule has 6 heteroatoms. The lowest BCUT2D eigenvalue weighted by atomic mass is 10.1. The summed E-state index contributed by atoms with van der Waals surface area (Å²) in [6.07, 6.45) is -0.319. The summed E-state index contributed by atoms with van der Waals surface area (Å²) in [5.41, 5.74) is 0.185. The summed E-state index contributed by atoms with van der Waals surface area (Å²) >= 11 is 0. The van der Waals surface area contributed by atoms with Gasteiger partial charge < -0.3 is 15.0 Å². The Morgan fingerprint density at radius 1 is 1.26 bits per heavy atom. The molecule has 0 radical (unpaired) electrons. The molecule has 2 amide bonds. The Balaban J connectivity index is 2.44. The van der Waals surface area contributed by atoms with Crippen LogP contribution in [0.3, 0.4) is 0 Å². The standard InChI is InChI=1S/C17H25FN2O3/c1-12(19-16(22)23-17(2,3)4)11-20(5)15(21)10-13-6-8-14(18)9-7-13/h6-9,12H,10-11H2,1-5H3,(H,19,22)/t12-/m0/s1. The molecule has 1 N–H and O–H groups in total. The maximum atomic E-state index is 12.8. The van der Waals surface area contributed by atoms with Crippen LogP contribution >= 0.6 is 0 Å². The van der Waals surface area contributed by atoms with Gasteiger partial charge in [0.25, 0.3) is 0 Å². The van der Waals surface area contributed by atoms with E-state index in [0.29, 0.717) is 6.54 Å². The third-order valence-electron chi connectivity index (χ3n) is 3.01. The second kappa shape index (κ2) is 7.94. The van der Waals surface area contributed by atoms with Crippen LogP contribution in [0.1, 0.15) is 33.3 Å². The third-order valence-corrected chi connectivity index (χ3v) is 3.01. The van der Waals surface area contributed by atoms with Crippen LogP contribution in [0.4, 0.5) is 9.18 Å². The van der Waals surface area contributed by atoms with Crippen LogP contribution in [0.15, 0.2) is 24.3 Å². The predicted octanol–water partition coefficient (Wildman–Crippen LogP) is 2.74. The highest BCUT2D eigenvalue weighted by Gasteiger charge is 2.19. The normalized spacial score (nSPS) is 12.4. The lowest BCUT2D eigenvalue weighted by Crippen LogP contribution is -2.44. The first-order chi connectivity index (χ1) is 10.6. The number of nitrogens with one attached hydrogen (secondary N) is 1. The largest absolute Gasteiger partial charge is 0.444 e. The highest BCUT2D eigenvalue weighted by atomic mass is 19.1. The van der Waals surface area contributed by atoms with Crippen molar-refractivity contribution >= 4 is 12.0 Å². The molecule has 0 spiro atoms. The number of likely N-dealkylation sites (N-methyl/N-ethyl adjacent to an activating group) is 1. The van der Waals surface area contributed by atoms with Gasteiger partial charge in [0.1, 0.15) is 11.4 Å². The van der Waals surface area contributed by atoms with Gasteiger partial charge in [-0.2, -0.15) is 0 Å². The van der Waals surface area contributed by atoms with E-state index in [-0.39, 0.29) is 24.2 Å². The van der Waals surface area contributed by atoms with Crippen molar-refractivity contribution in [1.29, 1.82) is 0 Å². The summed E-state index contributed by atoms with van der Waals surface area (Å²) < 4.78 is 18.0. The van der Waals surface area contributed by atoms with E-state index >= 15 is 0 Å². The number of nitrogens with zero attached hydrogens (tertiary/aromatic N) is 1. The molecule has 5 nitrogen and oxygen atoms in total. The Labute approximate surface area is 136 Å². The Bertz CT molecular complexity index is 538. The fraction of sp³-hybridized carbons (Fsp3) is 0.529. The molecule has 0 fully saturated rings. The molecule has 0 bridgehead atoms. The van der Waals surface area contributed by atoms with Crippen molar-refractivity contribution in [2.75, 3.05) is 13.6 Å². The zero-order valence-electron chi connectivity index (χ0n) is 14.4. The Morgan fingerprint density at radius 2 is 1.83 bits per heavy atom. The Kier molecular flexibility index (Phi) is 6.54. The van der Waals surface area contributed by atoms with Gasteiger partial charge in [-0.3, -0.25) is 4.79 Å². The van der Waals surface area contributed by atoms with Crippen molar-refractivity contribution in [2.45, 2.75) is 45.8 Å². The van der Waals surface area contributed by atoms with Gasteiger partial charge in [0.05, 0.1) is 6.42 Å². The molecular formula is C17H25FN2O3.